The Morgan fingerprint density at radius 2 is 2.35 bits per heavy atom. The van der Waals surface area contributed by atoms with E-state index in [-0.39, 0.29) is 0 Å². The van der Waals surface area contributed by atoms with Gasteiger partial charge < -0.3 is 10.4 Å². The number of anilines is 1. The first-order valence-electron chi connectivity index (χ1n) is 5.54. The molecule has 92 valence electrons. The largest absolute Gasteiger partial charge is 0.478 e. The SMILES string of the molecule is O=C(O)c1ccc(NC2CCCSC2)c(Br)c1. The van der Waals surface area contributed by atoms with Gasteiger partial charge >= 0.3 is 5.97 Å². The van der Waals surface area contributed by atoms with Crippen molar-refractivity contribution in [3.63, 3.8) is 0 Å². The minimum Gasteiger partial charge on any atom is -0.478 e. The lowest BCUT2D eigenvalue weighted by atomic mass is 10.1. The molecular weight excluding hydrogens is 302 g/mol. The van der Waals surface area contributed by atoms with Crippen LogP contribution >= 0.6 is 27.7 Å². The summed E-state index contributed by atoms with van der Waals surface area (Å²) in [5.74, 6) is 1.47. The van der Waals surface area contributed by atoms with E-state index in [1.165, 1.54) is 18.6 Å². The van der Waals surface area contributed by atoms with E-state index in [1.807, 2.05) is 17.8 Å². The highest BCUT2D eigenvalue weighted by Crippen LogP contribution is 2.27. The second-order valence-electron chi connectivity index (χ2n) is 4.06. The highest BCUT2D eigenvalue weighted by molar-refractivity contribution is 9.10. The lowest BCUT2D eigenvalue weighted by Gasteiger charge is -2.24. The van der Waals surface area contributed by atoms with E-state index < -0.39 is 5.97 Å². The molecule has 0 amide bonds. The lowest BCUT2D eigenvalue weighted by Crippen LogP contribution is -2.25. The first-order valence-corrected chi connectivity index (χ1v) is 7.48. The van der Waals surface area contributed by atoms with Crippen LogP contribution in [0.3, 0.4) is 0 Å². The quantitative estimate of drug-likeness (QED) is 0.897. The molecule has 1 fully saturated rings. The Morgan fingerprint density at radius 1 is 1.53 bits per heavy atom. The van der Waals surface area contributed by atoms with E-state index in [2.05, 4.69) is 21.2 Å². The van der Waals surface area contributed by atoms with Crippen LogP contribution < -0.4 is 5.32 Å². The molecule has 0 aromatic heterocycles. The van der Waals surface area contributed by atoms with E-state index in [4.69, 9.17) is 5.11 Å². The first kappa shape index (κ1) is 12.8. The minimum absolute atomic E-state index is 0.306. The maximum atomic E-state index is 10.8. The van der Waals surface area contributed by atoms with Gasteiger partial charge in [-0.3, -0.25) is 0 Å². The molecule has 0 spiro atoms. The number of carboxylic acids is 1. The molecule has 1 aromatic rings. The molecule has 0 saturated carbocycles. The number of benzene rings is 1. The highest BCUT2D eigenvalue weighted by Gasteiger charge is 2.15. The first-order chi connectivity index (χ1) is 8.16. The minimum atomic E-state index is -0.898. The van der Waals surface area contributed by atoms with Gasteiger partial charge in [0.25, 0.3) is 0 Å². The van der Waals surface area contributed by atoms with Gasteiger partial charge in [-0.2, -0.15) is 11.8 Å². The molecule has 1 unspecified atom stereocenters. The predicted octanol–water partition coefficient (Wildman–Crippen LogP) is 3.45. The average Bonchev–Trinajstić information content (AvgIpc) is 2.33. The Balaban J connectivity index is 2.08. The summed E-state index contributed by atoms with van der Waals surface area (Å²) < 4.78 is 0.813. The van der Waals surface area contributed by atoms with Crippen LogP contribution in [0.5, 0.6) is 0 Å². The Labute approximate surface area is 113 Å². The molecule has 1 saturated heterocycles. The Morgan fingerprint density at radius 3 is 2.94 bits per heavy atom. The molecule has 3 nitrogen and oxygen atoms in total. The molecule has 0 aliphatic carbocycles. The van der Waals surface area contributed by atoms with E-state index in [1.54, 1.807) is 12.1 Å². The van der Waals surface area contributed by atoms with Crippen molar-refractivity contribution in [2.45, 2.75) is 18.9 Å². The van der Waals surface area contributed by atoms with Gasteiger partial charge in [0.1, 0.15) is 0 Å². The summed E-state index contributed by atoms with van der Waals surface area (Å²) in [6.07, 6.45) is 2.42. The predicted molar refractivity (Wildman–Crippen MR) is 75.1 cm³/mol. The van der Waals surface area contributed by atoms with Gasteiger partial charge in [0.2, 0.25) is 0 Å². The summed E-state index contributed by atoms with van der Waals surface area (Å²) in [7, 11) is 0. The number of thioether (sulfide) groups is 1. The van der Waals surface area contributed by atoms with Crippen molar-refractivity contribution in [1.29, 1.82) is 0 Å². The fourth-order valence-electron chi connectivity index (χ4n) is 1.84. The number of aromatic carboxylic acids is 1. The van der Waals surface area contributed by atoms with Gasteiger partial charge in [0.15, 0.2) is 0 Å². The van der Waals surface area contributed by atoms with Crippen LogP contribution in [0.4, 0.5) is 5.69 Å². The van der Waals surface area contributed by atoms with Gasteiger partial charge in [-0.05, 0) is 52.7 Å². The second kappa shape index (κ2) is 5.78. The van der Waals surface area contributed by atoms with Gasteiger partial charge in [-0.15, -0.1) is 0 Å². The number of carboxylic acid groups (broad SMARTS) is 1. The molecule has 1 aliphatic heterocycles. The fourth-order valence-corrected chi connectivity index (χ4v) is 3.40. The standard InChI is InChI=1S/C12H14BrNO2S/c13-10-6-8(12(15)16)3-4-11(10)14-9-2-1-5-17-7-9/h3-4,6,9,14H,1-2,5,7H2,(H,15,16). The molecule has 0 radical (unpaired) electrons. The number of rotatable bonds is 3. The van der Waals surface area contributed by atoms with Crippen LogP contribution in [-0.2, 0) is 0 Å². The van der Waals surface area contributed by atoms with Crippen molar-refractivity contribution >= 4 is 39.3 Å². The average molecular weight is 316 g/mol. The Hall–Kier alpha value is -0.680. The summed E-state index contributed by atoms with van der Waals surface area (Å²) in [5.41, 5.74) is 1.28. The van der Waals surface area contributed by atoms with Crippen molar-refractivity contribution in [3.05, 3.63) is 28.2 Å². The van der Waals surface area contributed by atoms with E-state index in [0.717, 1.165) is 15.9 Å². The normalized spacial score (nSPS) is 19.9. The number of hydrogen-bond acceptors (Lipinski definition) is 3. The van der Waals surface area contributed by atoms with E-state index >= 15 is 0 Å². The van der Waals surface area contributed by atoms with Crippen LogP contribution in [0.25, 0.3) is 0 Å². The van der Waals surface area contributed by atoms with E-state index in [9.17, 15) is 4.79 Å². The van der Waals surface area contributed by atoms with Gasteiger partial charge in [-0.1, -0.05) is 0 Å². The van der Waals surface area contributed by atoms with Crippen molar-refractivity contribution in [1.82, 2.24) is 0 Å². The molecule has 1 aliphatic rings. The maximum absolute atomic E-state index is 10.8. The van der Waals surface area contributed by atoms with Crippen LogP contribution in [0.15, 0.2) is 22.7 Å². The monoisotopic (exact) mass is 315 g/mol. The number of carbonyl (C=O) groups is 1. The summed E-state index contributed by atoms with van der Waals surface area (Å²) in [6.45, 7) is 0. The Kier molecular flexibility index (Phi) is 4.34. The highest BCUT2D eigenvalue weighted by atomic mass is 79.9. The molecule has 2 N–H and O–H groups in total. The van der Waals surface area contributed by atoms with Crippen LogP contribution in [-0.4, -0.2) is 28.6 Å². The number of halogens is 1. The van der Waals surface area contributed by atoms with Gasteiger partial charge in [0.05, 0.1) is 5.56 Å². The van der Waals surface area contributed by atoms with Crippen LogP contribution in [0.1, 0.15) is 23.2 Å². The van der Waals surface area contributed by atoms with Crippen LogP contribution in [0.2, 0.25) is 0 Å². The summed E-state index contributed by atoms with van der Waals surface area (Å²) in [4.78, 5) is 10.8. The smallest absolute Gasteiger partial charge is 0.335 e. The fraction of sp³-hybridized carbons (Fsp3) is 0.417. The van der Waals surface area contributed by atoms with Crippen molar-refractivity contribution in [3.8, 4) is 0 Å². The van der Waals surface area contributed by atoms with Crippen molar-refractivity contribution in [2.75, 3.05) is 16.8 Å². The molecule has 0 bridgehead atoms. The van der Waals surface area contributed by atoms with Gasteiger partial charge in [-0.25, -0.2) is 4.79 Å². The molecule has 1 atom stereocenters. The molecule has 5 heteroatoms. The van der Waals surface area contributed by atoms with Crippen molar-refractivity contribution < 1.29 is 9.90 Å². The Bertz CT molecular complexity index is 419. The summed E-state index contributed by atoms with van der Waals surface area (Å²) >= 11 is 5.37. The topological polar surface area (TPSA) is 49.3 Å². The second-order valence-corrected chi connectivity index (χ2v) is 6.06. The number of hydrogen-bond donors (Lipinski definition) is 2. The number of nitrogens with one attached hydrogen (secondary N) is 1. The summed E-state index contributed by atoms with van der Waals surface area (Å²) in [5, 5.41) is 12.3. The summed E-state index contributed by atoms with van der Waals surface area (Å²) in [6, 6.07) is 5.58. The third-order valence-electron chi connectivity index (χ3n) is 2.74. The van der Waals surface area contributed by atoms with Gasteiger partial charge in [0, 0.05) is 22.0 Å². The zero-order chi connectivity index (χ0) is 12.3. The third-order valence-corrected chi connectivity index (χ3v) is 4.61. The zero-order valence-corrected chi connectivity index (χ0v) is 11.7. The molecular formula is C12H14BrNO2S. The molecule has 2 rings (SSSR count). The molecule has 1 heterocycles. The third kappa shape index (κ3) is 3.39. The molecule has 1 aromatic carbocycles. The maximum Gasteiger partial charge on any atom is 0.335 e. The van der Waals surface area contributed by atoms with Crippen molar-refractivity contribution in [2.24, 2.45) is 0 Å². The lowest BCUT2D eigenvalue weighted by molar-refractivity contribution is 0.0697. The molecule has 17 heavy (non-hydrogen) atoms. The van der Waals surface area contributed by atoms with Crippen LogP contribution in [0, 0.1) is 0 Å². The zero-order valence-electron chi connectivity index (χ0n) is 9.28. The van der Waals surface area contributed by atoms with E-state index in [0.29, 0.717) is 11.6 Å².